The molecule has 154 valence electrons. The van der Waals surface area contributed by atoms with E-state index < -0.39 is 5.91 Å². The van der Waals surface area contributed by atoms with Crippen LogP contribution in [-0.4, -0.2) is 46.4 Å². The number of nitrogens with zero attached hydrogens (tertiary/aromatic N) is 3. The minimum absolute atomic E-state index is 0.0708. The number of primary amides is 1. The van der Waals surface area contributed by atoms with Crippen molar-refractivity contribution in [3.63, 3.8) is 0 Å². The molecule has 0 saturated carbocycles. The van der Waals surface area contributed by atoms with Crippen LogP contribution in [0.5, 0.6) is 5.88 Å². The molecule has 30 heavy (non-hydrogen) atoms. The van der Waals surface area contributed by atoms with Gasteiger partial charge in [-0.25, -0.2) is 4.98 Å². The summed E-state index contributed by atoms with van der Waals surface area (Å²) in [6.07, 6.45) is 3.04. The smallest absolute Gasteiger partial charge is 0.259 e. The quantitative estimate of drug-likeness (QED) is 0.704. The Kier molecular flexibility index (Phi) is 5.61. The van der Waals surface area contributed by atoms with Gasteiger partial charge in [-0.3, -0.25) is 14.6 Å². The number of aromatic nitrogens is 2. The van der Waals surface area contributed by atoms with Crippen molar-refractivity contribution in [3.05, 3.63) is 65.5 Å². The Bertz CT molecular complexity index is 1090. The number of carbonyl (C=O) groups excluding carboxylic acids is 2. The molecule has 0 bridgehead atoms. The van der Waals surface area contributed by atoms with Crippen molar-refractivity contribution >= 4 is 22.7 Å². The summed E-state index contributed by atoms with van der Waals surface area (Å²) in [6.45, 7) is 3.44. The van der Waals surface area contributed by atoms with Gasteiger partial charge in [0.15, 0.2) is 0 Å². The number of hydrogen-bond acceptors (Lipinski definition) is 5. The molecular weight excluding hydrogens is 380 g/mol. The van der Waals surface area contributed by atoms with Crippen LogP contribution in [0, 0.1) is 0 Å². The van der Waals surface area contributed by atoms with Gasteiger partial charge in [-0.1, -0.05) is 18.2 Å². The standard InChI is InChI=1S/C23H24N4O3/c1-2-30-22-17(7-5-11-25-22)23(29)27-12-9-15(10-13-27)20-18(21(24)28)14-16-6-3-4-8-19(16)26-20/h3-8,11,14-15H,2,9-10,12-13H2,1H3,(H2,24,28). The molecule has 1 saturated heterocycles. The molecule has 0 unspecified atom stereocenters. The molecule has 7 heteroatoms. The van der Waals surface area contributed by atoms with Gasteiger partial charge >= 0.3 is 0 Å². The molecule has 0 atom stereocenters. The first-order valence-electron chi connectivity index (χ1n) is 10.1. The first kappa shape index (κ1) is 19.8. The predicted octanol–water partition coefficient (Wildman–Crippen LogP) is 3.15. The van der Waals surface area contributed by atoms with Crippen LogP contribution in [-0.2, 0) is 0 Å². The Morgan fingerprint density at radius 1 is 1.13 bits per heavy atom. The van der Waals surface area contributed by atoms with Gasteiger partial charge in [0.05, 0.1) is 23.4 Å². The summed E-state index contributed by atoms with van der Waals surface area (Å²) in [7, 11) is 0. The Labute approximate surface area is 174 Å². The van der Waals surface area contributed by atoms with E-state index in [1.807, 2.05) is 37.3 Å². The Hall–Kier alpha value is -3.48. The van der Waals surface area contributed by atoms with E-state index in [1.54, 1.807) is 23.2 Å². The van der Waals surface area contributed by atoms with Gasteiger partial charge in [0.1, 0.15) is 5.56 Å². The van der Waals surface area contributed by atoms with Crippen molar-refractivity contribution in [1.29, 1.82) is 0 Å². The molecule has 2 N–H and O–H groups in total. The van der Waals surface area contributed by atoms with Crippen molar-refractivity contribution in [2.75, 3.05) is 19.7 Å². The predicted molar refractivity (Wildman–Crippen MR) is 114 cm³/mol. The highest BCUT2D eigenvalue weighted by Gasteiger charge is 2.29. The van der Waals surface area contributed by atoms with Gasteiger partial charge in [0.2, 0.25) is 5.88 Å². The monoisotopic (exact) mass is 404 g/mol. The van der Waals surface area contributed by atoms with E-state index in [-0.39, 0.29) is 11.8 Å². The SMILES string of the molecule is CCOc1ncccc1C(=O)N1CCC(c2nc3ccccc3cc2C(N)=O)CC1. The van der Waals surface area contributed by atoms with Crippen LogP contribution in [0.1, 0.15) is 52.1 Å². The summed E-state index contributed by atoms with van der Waals surface area (Å²) in [5, 5.41) is 0.891. The molecule has 3 aromatic rings. The highest BCUT2D eigenvalue weighted by Crippen LogP contribution is 2.32. The van der Waals surface area contributed by atoms with Gasteiger partial charge in [0, 0.05) is 30.6 Å². The van der Waals surface area contributed by atoms with E-state index >= 15 is 0 Å². The summed E-state index contributed by atoms with van der Waals surface area (Å²) in [5.74, 6) is -0.133. The summed E-state index contributed by atoms with van der Waals surface area (Å²) < 4.78 is 5.50. The highest BCUT2D eigenvalue weighted by molar-refractivity contribution is 5.98. The summed E-state index contributed by atoms with van der Waals surface area (Å²) in [4.78, 5) is 35.8. The van der Waals surface area contributed by atoms with E-state index in [1.165, 1.54) is 0 Å². The fraction of sp³-hybridized carbons (Fsp3) is 0.304. The lowest BCUT2D eigenvalue weighted by atomic mass is 9.89. The number of piperidine rings is 1. The summed E-state index contributed by atoms with van der Waals surface area (Å²) >= 11 is 0. The lowest BCUT2D eigenvalue weighted by Crippen LogP contribution is -2.38. The molecule has 1 fully saturated rings. The van der Waals surface area contributed by atoms with Crippen molar-refractivity contribution in [1.82, 2.24) is 14.9 Å². The van der Waals surface area contributed by atoms with Crippen LogP contribution in [0.3, 0.4) is 0 Å². The van der Waals surface area contributed by atoms with Crippen molar-refractivity contribution in [2.45, 2.75) is 25.7 Å². The maximum atomic E-state index is 13.0. The number of fused-ring (bicyclic) bond motifs is 1. The molecule has 7 nitrogen and oxygen atoms in total. The lowest BCUT2D eigenvalue weighted by molar-refractivity contribution is 0.0705. The molecule has 1 aliphatic heterocycles. The number of ether oxygens (including phenoxy) is 1. The number of rotatable bonds is 5. The van der Waals surface area contributed by atoms with E-state index in [2.05, 4.69) is 4.98 Å². The molecule has 1 aromatic carbocycles. The van der Waals surface area contributed by atoms with Gasteiger partial charge in [0.25, 0.3) is 11.8 Å². The number of likely N-dealkylation sites (tertiary alicyclic amines) is 1. The van der Waals surface area contributed by atoms with Gasteiger partial charge in [-0.15, -0.1) is 0 Å². The maximum absolute atomic E-state index is 13.0. The van der Waals surface area contributed by atoms with Crippen LogP contribution in [0.25, 0.3) is 10.9 Å². The van der Waals surface area contributed by atoms with Crippen molar-refractivity contribution in [3.8, 4) is 5.88 Å². The Morgan fingerprint density at radius 3 is 2.63 bits per heavy atom. The maximum Gasteiger partial charge on any atom is 0.259 e. The molecule has 0 spiro atoms. The molecular formula is C23H24N4O3. The number of para-hydroxylation sites is 1. The number of pyridine rings is 2. The molecule has 2 aromatic heterocycles. The summed E-state index contributed by atoms with van der Waals surface area (Å²) in [5.41, 5.74) is 8.15. The van der Waals surface area contributed by atoms with E-state index in [0.29, 0.717) is 49.5 Å². The number of carbonyl (C=O) groups is 2. The number of hydrogen-bond donors (Lipinski definition) is 1. The number of nitrogens with two attached hydrogens (primary N) is 1. The van der Waals surface area contributed by atoms with Crippen LogP contribution >= 0.6 is 0 Å². The van der Waals surface area contributed by atoms with Crippen LogP contribution in [0.4, 0.5) is 0 Å². The first-order valence-corrected chi connectivity index (χ1v) is 10.1. The van der Waals surface area contributed by atoms with Crippen LogP contribution < -0.4 is 10.5 Å². The fourth-order valence-electron chi connectivity index (χ4n) is 3.97. The average molecular weight is 404 g/mol. The molecule has 1 aliphatic rings. The van der Waals surface area contributed by atoms with Crippen LogP contribution in [0.2, 0.25) is 0 Å². The van der Waals surface area contributed by atoms with Gasteiger partial charge in [-0.05, 0) is 44.0 Å². The third-order valence-corrected chi connectivity index (χ3v) is 5.47. The van der Waals surface area contributed by atoms with Crippen molar-refractivity contribution in [2.24, 2.45) is 5.73 Å². The minimum Gasteiger partial charge on any atom is -0.477 e. The second kappa shape index (κ2) is 8.49. The Balaban J connectivity index is 1.54. The second-order valence-electron chi connectivity index (χ2n) is 7.33. The van der Waals surface area contributed by atoms with E-state index in [9.17, 15) is 9.59 Å². The average Bonchev–Trinajstić information content (AvgIpc) is 2.78. The molecule has 2 amide bonds. The third kappa shape index (κ3) is 3.83. The minimum atomic E-state index is -0.474. The van der Waals surface area contributed by atoms with E-state index in [0.717, 1.165) is 16.6 Å². The number of amides is 2. The lowest BCUT2D eigenvalue weighted by Gasteiger charge is -2.32. The number of benzene rings is 1. The zero-order chi connectivity index (χ0) is 21.1. The summed E-state index contributed by atoms with van der Waals surface area (Å²) in [6, 6.07) is 13.0. The third-order valence-electron chi connectivity index (χ3n) is 5.47. The molecule has 0 aliphatic carbocycles. The highest BCUT2D eigenvalue weighted by atomic mass is 16.5. The molecule has 3 heterocycles. The fourth-order valence-corrected chi connectivity index (χ4v) is 3.97. The normalized spacial score (nSPS) is 14.6. The molecule has 4 rings (SSSR count). The zero-order valence-electron chi connectivity index (χ0n) is 16.9. The Morgan fingerprint density at radius 2 is 1.90 bits per heavy atom. The largest absolute Gasteiger partial charge is 0.477 e. The van der Waals surface area contributed by atoms with Gasteiger partial charge < -0.3 is 15.4 Å². The van der Waals surface area contributed by atoms with Gasteiger partial charge in [-0.2, -0.15) is 0 Å². The topological polar surface area (TPSA) is 98.4 Å². The molecule has 0 radical (unpaired) electrons. The van der Waals surface area contributed by atoms with Crippen LogP contribution in [0.15, 0.2) is 48.7 Å². The second-order valence-corrected chi connectivity index (χ2v) is 7.33. The van der Waals surface area contributed by atoms with E-state index in [4.69, 9.17) is 15.5 Å². The van der Waals surface area contributed by atoms with Crippen molar-refractivity contribution < 1.29 is 14.3 Å². The zero-order valence-corrected chi connectivity index (χ0v) is 16.9. The first-order chi connectivity index (χ1) is 14.6.